The summed E-state index contributed by atoms with van der Waals surface area (Å²) >= 11 is 0. The minimum Gasteiger partial charge on any atom is -0.340 e. The van der Waals surface area contributed by atoms with Gasteiger partial charge < -0.3 is 4.90 Å². The molecule has 32 heavy (non-hydrogen) atoms. The molecule has 0 bridgehead atoms. The molecular formula is C27H32N4O. The number of carbonyl (C=O) groups is 1. The summed E-state index contributed by atoms with van der Waals surface area (Å²) in [6.45, 7) is 7.53. The monoisotopic (exact) mass is 428 g/mol. The Bertz CT molecular complexity index is 1040. The molecule has 0 atom stereocenters. The van der Waals surface area contributed by atoms with Crippen LogP contribution in [0.1, 0.15) is 24.0 Å². The van der Waals surface area contributed by atoms with E-state index in [1.165, 1.54) is 21.9 Å². The smallest absolute Gasteiger partial charge is 0.225 e. The number of benzene rings is 2. The topological polar surface area (TPSA) is 39.7 Å². The highest BCUT2D eigenvalue weighted by atomic mass is 16.2. The minimum absolute atomic E-state index is 0.189. The van der Waals surface area contributed by atoms with Crippen molar-refractivity contribution in [3.8, 4) is 0 Å². The van der Waals surface area contributed by atoms with Crippen LogP contribution in [0.4, 0.5) is 0 Å². The molecule has 3 aromatic rings. The van der Waals surface area contributed by atoms with Crippen molar-refractivity contribution in [1.29, 1.82) is 0 Å². The number of carbonyl (C=O) groups excluding carboxylic acids is 1. The van der Waals surface area contributed by atoms with E-state index < -0.39 is 0 Å². The third-order valence-electron chi connectivity index (χ3n) is 7.00. The largest absolute Gasteiger partial charge is 0.340 e. The second-order valence-corrected chi connectivity index (χ2v) is 9.19. The maximum absolute atomic E-state index is 13.1. The number of hydrogen-bond donors (Lipinski definition) is 0. The van der Waals surface area contributed by atoms with Crippen LogP contribution in [0.3, 0.4) is 0 Å². The molecule has 2 aromatic carbocycles. The summed E-state index contributed by atoms with van der Waals surface area (Å²) in [5, 5.41) is 2.60. The summed E-state index contributed by atoms with van der Waals surface area (Å²) in [5.74, 6) is 0.563. The maximum atomic E-state index is 13.1. The van der Waals surface area contributed by atoms with Crippen molar-refractivity contribution in [1.82, 2.24) is 19.7 Å². The molecule has 2 fully saturated rings. The zero-order valence-electron chi connectivity index (χ0n) is 18.7. The van der Waals surface area contributed by atoms with E-state index in [1.807, 2.05) is 12.4 Å². The van der Waals surface area contributed by atoms with E-state index in [0.717, 1.165) is 65.2 Å². The number of fused-ring (bicyclic) bond motifs is 1. The van der Waals surface area contributed by atoms with Gasteiger partial charge in [-0.1, -0.05) is 36.4 Å². The Morgan fingerprint density at radius 1 is 0.750 bits per heavy atom. The molecule has 3 heterocycles. The zero-order chi connectivity index (χ0) is 21.8. The number of rotatable bonds is 5. The van der Waals surface area contributed by atoms with E-state index in [1.54, 1.807) is 0 Å². The van der Waals surface area contributed by atoms with Gasteiger partial charge in [-0.2, -0.15) is 0 Å². The van der Waals surface area contributed by atoms with Crippen molar-refractivity contribution >= 4 is 16.7 Å². The van der Waals surface area contributed by atoms with Gasteiger partial charge in [-0.15, -0.1) is 0 Å². The zero-order valence-corrected chi connectivity index (χ0v) is 18.7. The molecule has 2 saturated heterocycles. The molecule has 5 heteroatoms. The van der Waals surface area contributed by atoms with Crippen LogP contribution in [0.2, 0.25) is 0 Å². The fourth-order valence-corrected chi connectivity index (χ4v) is 5.06. The number of likely N-dealkylation sites (tertiary alicyclic amines) is 1. The standard InChI is InChI=1S/C27H32N4O/c32-27(31-17-15-30(16-18-31)20-22-7-11-28-12-8-22)25-9-13-29(14-10-25)21-23-5-6-24-3-1-2-4-26(24)19-23/h1-8,11-12,19,25H,9-10,13-18,20-21H2. The van der Waals surface area contributed by atoms with Gasteiger partial charge in [0.05, 0.1) is 0 Å². The molecule has 0 radical (unpaired) electrons. The van der Waals surface area contributed by atoms with Gasteiger partial charge in [0.1, 0.15) is 0 Å². The van der Waals surface area contributed by atoms with Crippen molar-refractivity contribution in [2.45, 2.75) is 25.9 Å². The van der Waals surface area contributed by atoms with Gasteiger partial charge >= 0.3 is 0 Å². The van der Waals surface area contributed by atoms with Crippen molar-refractivity contribution in [3.05, 3.63) is 78.1 Å². The summed E-state index contributed by atoms with van der Waals surface area (Å²) in [6, 6.07) is 19.4. The van der Waals surface area contributed by atoms with E-state index in [9.17, 15) is 4.79 Å². The van der Waals surface area contributed by atoms with Gasteiger partial charge in [-0.3, -0.25) is 19.6 Å². The molecular weight excluding hydrogens is 396 g/mol. The normalized spacial score (nSPS) is 18.8. The first kappa shape index (κ1) is 21.1. The lowest BCUT2D eigenvalue weighted by Crippen LogP contribution is -2.51. The highest BCUT2D eigenvalue weighted by molar-refractivity contribution is 5.83. The Morgan fingerprint density at radius 2 is 1.41 bits per heavy atom. The van der Waals surface area contributed by atoms with Crippen molar-refractivity contribution in [3.63, 3.8) is 0 Å². The fourth-order valence-electron chi connectivity index (χ4n) is 5.06. The van der Waals surface area contributed by atoms with Crippen LogP contribution in [0.25, 0.3) is 10.8 Å². The third kappa shape index (κ3) is 5.00. The van der Waals surface area contributed by atoms with Gasteiger partial charge in [0.25, 0.3) is 0 Å². The van der Waals surface area contributed by atoms with Crippen LogP contribution in [-0.2, 0) is 17.9 Å². The quantitative estimate of drug-likeness (QED) is 0.620. The Balaban J connectivity index is 1.08. The van der Waals surface area contributed by atoms with Crippen molar-refractivity contribution < 1.29 is 4.79 Å². The lowest BCUT2D eigenvalue weighted by atomic mass is 9.94. The van der Waals surface area contributed by atoms with E-state index in [4.69, 9.17) is 0 Å². The number of pyridine rings is 1. The first-order chi connectivity index (χ1) is 15.7. The van der Waals surface area contributed by atoms with Crippen LogP contribution in [-0.4, -0.2) is 64.9 Å². The van der Waals surface area contributed by atoms with Crippen molar-refractivity contribution in [2.75, 3.05) is 39.3 Å². The van der Waals surface area contributed by atoms with E-state index in [2.05, 4.69) is 74.3 Å². The number of amides is 1. The van der Waals surface area contributed by atoms with Gasteiger partial charge in [0.15, 0.2) is 0 Å². The molecule has 5 rings (SSSR count). The molecule has 5 nitrogen and oxygen atoms in total. The molecule has 0 spiro atoms. The average Bonchev–Trinajstić information content (AvgIpc) is 2.85. The predicted molar refractivity (Wildman–Crippen MR) is 128 cm³/mol. The van der Waals surface area contributed by atoms with Gasteiger partial charge in [0.2, 0.25) is 5.91 Å². The van der Waals surface area contributed by atoms with Crippen LogP contribution in [0, 0.1) is 5.92 Å². The van der Waals surface area contributed by atoms with Gasteiger partial charge in [-0.05, 0) is 66.0 Å². The number of piperidine rings is 1. The second kappa shape index (κ2) is 9.80. The first-order valence-electron chi connectivity index (χ1n) is 11.8. The molecule has 1 amide bonds. The Labute approximate surface area is 190 Å². The predicted octanol–water partition coefficient (Wildman–Crippen LogP) is 3.79. The lowest BCUT2D eigenvalue weighted by Gasteiger charge is -2.38. The van der Waals surface area contributed by atoms with Crippen LogP contribution in [0.5, 0.6) is 0 Å². The molecule has 0 unspecified atom stereocenters. The Hall–Kier alpha value is -2.76. The van der Waals surface area contributed by atoms with Gasteiger partial charge in [-0.25, -0.2) is 0 Å². The van der Waals surface area contributed by atoms with Crippen LogP contribution >= 0.6 is 0 Å². The maximum Gasteiger partial charge on any atom is 0.225 e. The molecule has 0 aliphatic carbocycles. The summed E-state index contributed by atoms with van der Waals surface area (Å²) in [5.41, 5.74) is 2.65. The Morgan fingerprint density at radius 3 is 2.16 bits per heavy atom. The Kier molecular flexibility index (Phi) is 6.46. The number of nitrogens with zero attached hydrogens (tertiary/aromatic N) is 4. The number of hydrogen-bond acceptors (Lipinski definition) is 4. The summed E-state index contributed by atoms with van der Waals surface area (Å²) < 4.78 is 0. The van der Waals surface area contributed by atoms with Crippen LogP contribution in [0.15, 0.2) is 67.0 Å². The summed E-state index contributed by atoms with van der Waals surface area (Å²) in [4.78, 5) is 24.2. The molecule has 2 aliphatic rings. The summed E-state index contributed by atoms with van der Waals surface area (Å²) in [7, 11) is 0. The second-order valence-electron chi connectivity index (χ2n) is 9.19. The summed E-state index contributed by atoms with van der Waals surface area (Å²) in [6.07, 6.45) is 5.65. The lowest BCUT2D eigenvalue weighted by molar-refractivity contribution is -0.139. The highest BCUT2D eigenvalue weighted by Gasteiger charge is 2.30. The fraction of sp³-hybridized carbons (Fsp3) is 0.407. The number of aromatic nitrogens is 1. The molecule has 2 aliphatic heterocycles. The SMILES string of the molecule is O=C(C1CCN(Cc2ccc3ccccc3c2)CC1)N1CCN(Cc2ccncc2)CC1. The number of piperazine rings is 1. The molecule has 0 N–H and O–H groups in total. The minimum atomic E-state index is 0.189. The molecule has 166 valence electrons. The highest BCUT2D eigenvalue weighted by Crippen LogP contribution is 2.23. The first-order valence-corrected chi connectivity index (χ1v) is 11.8. The molecule has 0 saturated carbocycles. The van der Waals surface area contributed by atoms with E-state index in [0.29, 0.717) is 5.91 Å². The molecule has 1 aromatic heterocycles. The van der Waals surface area contributed by atoms with E-state index >= 15 is 0 Å². The third-order valence-corrected chi connectivity index (χ3v) is 7.00. The average molecular weight is 429 g/mol. The van der Waals surface area contributed by atoms with E-state index in [-0.39, 0.29) is 5.92 Å². The van der Waals surface area contributed by atoms with Crippen molar-refractivity contribution in [2.24, 2.45) is 5.92 Å². The van der Waals surface area contributed by atoms with Gasteiger partial charge in [0, 0.05) is 57.6 Å². The van der Waals surface area contributed by atoms with Crippen LogP contribution < -0.4 is 0 Å².